The number of carbonyl (C=O) groups excluding carboxylic acids is 2. The highest BCUT2D eigenvalue weighted by Gasteiger charge is 2.16. The van der Waals surface area contributed by atoms with E-state index in [0.29, 0.717) is 5.56 Å². The first-order valence-electron chi connectivity index (χ1n) is 6.49. The van der Waals surface area contributed by atoms with Gasteiger partial charge in [-0.1, -0.05) is 44.0 Å². The van der Waals surface area contributed by atoms with Gasteiger partial charge in [-0.2, -0.15) is 0 Å². The van der Waals surface area contributed by atoms with Crippen LogP contribution in [0.5, 0.6) is 0 Å². The summed E-state index contributed by atoms with van der Waals surface area (Å²) in [6.07, 6.45) is 4.58. The van der Waals surface area contributed by atoms with E-state index in [1.165, 1.54) is 18.4 Å². The Labute approximate surface area is 108 Å². The molecule has 0 heterocycles. The highest BCUT2D eigenvalue weighted by Crippen LogP contribution is 2.10. The van der Waals surface area contributed by atoms with Crippen molar-refractivity contribution in [2.75, 3.05) is 6.61 Å². The van der Waals surface area contributed by atoms with E-state index in [1.807, 2.05) is 12.1 Å². The van der Waals surface area contributed by atoms with Crippen molar-refractivity contribution in [2.45, 2.75) is 39.5 Å². The van der Waals surface area contributed by atoms with Gasteiger partial charge in [0.25, 0.3) is 5.78 Å². The Morgan fingerprint density at radius 1 is 1.06 bits per heavy atom. The van der Waals surface area contributed by atoms with E-state index in [4.69, 9.17) is 0 Å². The van der Waals surface area contributed by atoms with Gasteiger partial charge < -0.3 is 4.74 Å². The maximum absolute atomic E-state index is 11.6. The van der Waals surface area contributed by atoms with E-state index in [0.717, 1.165) is 12.8 Å². The van der Waals surface area contributed by atoms with E-state index in [1.54, 1.807) is 19.1 Å². The molecule has 18 heavy (non-hydrogen) atoms. The Balaban J connectivity index is 2.59. The van der Waals surface area contributed by atoms with Crippen molar-refractivity contribution in [3.8, 4) is 0 Å². The summed E-state index contributed by atoms with van der Waals surface area (Å²) in [7, 11) is 0. The third-order valence-electron chi connectivity index (χ3n) is 2.75. The minimum atomic E-state index is -0.781. The molecule has 3 nitrogen and oxygen atoms in total. The molecular weight excluding hydrogens is 228 g/mol. The number of hydrogen-bond acceptors (Lipinski definition) is 3. The number of aryl methyl sites for hydroxylation is 1. The number of rotatable bonds is 7. The molecule has 0 atom stereocenters. The molecule has 0 saturated carbocycles. The van der Waals surface area contributed by atoms with E-state index in [2.05, 4.69) is 11.7 Å². The van der Waals surface area contributed by atoms with Crippen LogP contribution in [0.1, 0.15) is 49.0 Å². The normalized spacial score (nSPS) is 10.1. The minimum Gasteiger partial charge on any atom is -0.460 e. The standard InChI is InChI=1S/C15H20O3/c1-3-5-6-7-12-8-10-13(11-9-12)14(16)15(17)18-4-2/h8-11H,3-7H2,1-2H3. The van der Waals surface area contributed by atoms with Crippen molar-refractivity contribution in [3.05, 3.63) is 35.4 Å². The number of Topliss-reactive ketones (excluding diaryl/α,β-unsaturated/α-hetero) is 1. The second-order valence-corrected chi connectivity index (χ2v) is 4.20. The van der Waals surface area contributed by atoms with Gasteiger partial charge in [0.1, 0.15) is 0 Å². The molecule has 0 aliphatic carbocycles. The molecular formula is C15H20O3. The molecule has 0 spiro atoms. The van der Waals surface area contributed by atoms with Crippen LogP contribution in [0.2, 0.25) is 0 Å². The smallest absolute Gasteiger partial charge is 0.379 e. The van der Waals surface area contributed by atoms with Crippen LogP contribution in [-0.2, 0) is 16.0 Å². The molecule has 0 amide bonds. The van der Waals surface area contributed by atoms with E-state index in [-0.39, 0.29) is 6.61 Å². The van der Waals surface area contributed by atoms with Gasteiger partial charge in [-0.15, -0.1) is 0 Å². The lowest BCUT2D eigenvalue weighted by molar-refractivity contribution is -0.137. The first kappa shape index (κ1) is 14.4. The van der Waals surface area contributed by atoms with Crippen LogP contribution in [0, 0.1) is 0 Å². The predicted octanol–water partition coefficient (Wildman–Crippen LogP) is 3.17. The summed E-state index contributed by atoms with van der Waals surface area (Å²) in [6.45, 7) is 4.07. The van der Waals surface area contributed by atoms with Gasteiger partial charge in [-0.25, -0.2) is 4.79 Å². The minimum absolute atomic E-state index is 0.222. The molecule has 0 aliphatic rings. The summed E-state index contributed by atoms with van der Waals surface area (Å²) in [6, 6.07) is 7.20. The molecule has 0 bridgehead atoms. The topological polar surface area (TPSA) is 43.4 Å². The lowest BCUT2D eigenvalue weighted by atomic mass is 10.0. The maximum Gasteiger partial charge on any atom is 0.379 e. The number of hydrogen-bond donors (Lipinski definition) is 0. The second kappa shape index (κ2) is 7.64. The Bertz CT molecular complexity index is 393. The first-order valence-corrected chi connectivity index (χ1v) is 6.49. The molecule has 0 N–H and O–H groups in total. The van der Waals surface area contributed by atoms with Gasteiger partial charge in [0, 0.05) is 5.56 Å². The van der Waals surface area contributed by atoms with Gasteiger partial charge >= 0.3 is 5.97 Å². The van der Waals surface area contributed by atoms with Crippen LogP contribution >= 0.6 is 0 Å². The fourth-order valence-electron chi connectivity index (χ4n) is 1.72. The monoisotopic (exact) mass is 248 g/mol. The number of carbonyl (C=O) groups is 2. The molecule has 1 aromatic rings. The fraction of sp³-hybridized carbons (Fsp3) is 0.467. The third-order valence-corrected chi connectivity index (χ3v) is 2.75. The number of ketones is 1. The molecule has 0 radical (unpaired) electrons. The van der Waals surface area contributed by atoms with Crippen LogP contribution in [0.25, 0.3) is 0 Å². The van der Waals surface area contributed by atoms with Crippen molar-refractivity contribution in [1.82, 2.24) is 0 Å². The van der Waals surface area contributed by atoms with Gasteiger partial charge in [-0.05, 0) is 25.3 Å². The highest BCUT2D eigenvalue weighted by molar-refractivity contribution is 6.40. The predicted molar refractivity (Wildman–Crippen MR) is 70.6 cm³/mol. The van der Waals surface area contributed by atoms with Gasteiger partial charge in [0.15, 0.2) is 0 Å². The Morgan fingerprint density at radius 2 is 1.72 bits per heavy atom. The molecule has 0 aliphatic heterocycles. The molecule has 1 rings (SSSR count). The highest BCUT2D eigenvalue weighted by atomic mass is 16.5. The van der Waals surface area contributed by atoms with E-state index < -0.39 is 11.8 Å². The van der Waals surface area contributed by atoms with Crippen molar-refractivity contribution in [2.24, 2.45) is 0 Å². The zero-order valence-corrected chi connectivity index (χ0v) is 11.1. The van der Waals surface area contributed by atoms with Crippen LogP contribution in [0.3, 0.4) is 0 Å². The van der Waals surface area contributed by atoms with E-state index in [9.17, 15) is 9.59 Å². The average Bonchev–Trinajstić information content (AvgIpc) is 2.39. The summed E-state index contributed by atoms with van der Waals surface area (Å²) in [5, 5.41) is 0. The largest absolute Gasteiger partial charge is 0.460 e. The summed E-state index contributed by atoms with van der Waals surface area (Å²) in [5.41, 5.74) is 1.59. The van der Waals surface area contributed by atoms with Gasteiger partial charge in [-0.3, -0.25) is 4.79 Å². The van der Waals surface area contributed by atoms with Crippen LogP contribution in [0.15, 0.2) is 24.3 Å². The Hall–Kier alpha value is -1.64. The molecule has 98 valence electrons. The zero-order valence-electron chi connectivity index (χ0n) is 11.1. The lowest BCUT2D eigenvalue weighted by Gasteiger charge is -2.03. The van der Waals surface area contributed by atoms with Crippen LogP contribution in [0.4, 0.5) is 0 Å². The number of ether oxygens (including phenoxy) is 1. The van der Waals surface area contributed by atoms with E-state index >= 15 is 0 Å². The Kier molecular flexibility index (Phi) is 6.12. The maximum atomic E-state index is 11.6. The SMILES string of the molecule is CCCCCc1ccc(C(=O)C(=O)OCC)cc1. The molecule has 0 unspecified atom stereocenters. The quantitative estimate of drug-likeness (QED) is 0.322. The molecule has 1 aromatic carbocycles. The molecule has 0 saturated heterocycles. The third kappa shape index (κ3) is 4.32. The lowest BCUT2D eigenvalue weighted by Crippen LogP contribution is -2.17. The van der Waals surface area contributed by atoms with Crippen molar-refractivity contribution in [1.29, 1.82) is 0 Å². The fourth-order valence-corrected chi connectivity index (χ4v) is 1.72. The summed E-state index contributed by atoms with van der Waals surface area (Å²) >= 11 is 0. The summed E-state index contributed by atoms with van der Waals surface area (Å²) < 4.78 is 4.68. The molecule has 0 aromatic heterocycles. The van der Waals surface area contributed by atoms with Crippen LogP contribution in [-0.4, -0.2) is 18.4 Å². The zero-order chi connectivity index (χ0) is 13.4. The molecule has 0 fully saturated rings. The van der Waals surface area contributed by atoms with Crippen molar-refractivity contribution >= 4 is 11.8 Å². The summed E-state index contributed by atoms with van der Waals surface area (Å²) in [4.78, 5) is 22.9. The number of esters is 1. The molecule has 3 heteroatoms. The van der Waals surface area contributed by atoms with Crippen molar-refractivity contribution < 1.29 is 14.3 Å². The summed E-state index contributed by atoms with van der Waals surface area (Å²) in [5.74, 6) is -1.35. The number of benzene rings is 1. The van der Waals surface area contributed by atoms with Crippen LogP contribution < -0.4 is 0 Å². The second-order valence-electron chi connectivity index (χ2n) is 4.20. The van der Waals surface area contributed by atoms with Crippen molar-refractivity contribution in [3.63, 3.8) is 0 Å². The average molecular weight is 248 g/mol. The number of unbranched alkanes of at least 4 members (excludes halogenated alkanes) is 2. The van der Waals surface area contributed by atoms with Gasteiger partial charge in [0.05, 0.1) is 6.61 Å². The van der Waals surface area contributed by atoms with Gasteiger partial charge in [0.2, 0.25) is 0 Å². The Morgan fingerprint density at radius 3 is 2.28 bits per heavy atom. The first-order chi connectivity index (χ1) is 8.69.